The second-order valence-electron chi connectivity index (χ2n) is 5.27. The summed E-state index contributed by atoms with van der Waals surface area (Å²) >= 11 is 1.57. The van der Waals surface area contributed by atoms with Crippen LogP contribution in [-0.2, 0) is 0 Å². The predicted molar refractivity (Wildman–Crippen MR) is 68.9 cm³/mol. The van der Waals surface area contributed by atoms with Crippen LogP contribution in [0.25, 0.3) is 0 Å². The molecule has 4 nitrogen and oxygen atoms in total. The fourth-order valence-electron chi connectivity index (χ4n) is 2.17. The third kappa shape index (κ3) is 1.68. The van der Waals surface area contributed by atoms with Gasteiger partial charge in [0.2, 0.25) is 11.6 Å². The quantitative estimate of drug-likeness (QED) is 0.729. The SMILES string of the molecule is CSc1c2c(cc3c1OC(C)(C)O3)OC(C)(C)O2. The van der Waals surface area contributed by atoms with Gasteiger partial charge in [0.25, 0.3) is 0 Å². The summed E-state index contributed by atoms with van der Waals surface area (Å²) in [6.07, 6.45) is 1.99. The van der Waals surface area contributed by atoms with E-state index in [1.807, 2.05) is 40.0 Å². The molecular weight excluding hydrogens is 252 g/mol. The van der Waals surface area contributed by atoms with E-state index in [0.717, 1.165) is 16.4 Å². The first-order valence-corrected chi connectivity index (χ1v) is 7.05. The van der Waals surface area contributed by atoms with E-state index < -0.39 is 11.6 Å². The van der Waals surface area contributed by atoms with Crippen molar-refractivity contribution in [2.24, 2.45) is 0 Å². The van der Waals surface area contributed by atoms with Crippen LogP contribution in [0.3, 0.4) is 0 Å². The van der Waals surface area contributed by atoms with Crippen molar-refractivity contribution in [1.82, 2.24) is 0 Å². The molecule has 0 aliphatic carbocycles. The fraction of sp³-hybridized carbons (Fsp3) is 0.538. The molecule has 0 radical (unpaired) electrons. The zero-order chi connectivity index (χ0) is 13.1. The summed E-state index contributed by atoms with van der Waals surface area (Å²) in [5.74, 6) is 1.63. The summed E-state index contributed by atoms with van der Waals surface area (Å²) < 4.78 is 23.2. The van der Waals surface area contributed by atoms with Crippen LogP contribution in [0.4, 0.5) is 0 Å². The Kier molecular flexibility index (Phi) is 2.24. The van der Waals surface area contributed by atoms with Gasteiger partial charge in [-0.1, -0.05) is 0 Å². The number of rotatable bonds is 1. The van der Waals surface area contributed by atoms with Gasteiger partial charge in [0, 0.05) is 33.8 Å². The topological polar surface area (TPSA) is 36.9 Å². The van der Waals surface area contributed by atoms with Crippen molar-refractivity contribution in [2.45, 2.75) is 44.2 Å². The molecule has 0 bridgehead atoms. The van der Waals surface area contributed by atoms with Crippen LogP contribution < -0.4 is 18.9 Å². The maximum atomic E-state index is 5.83. The summed E-state index contributed by atoms with van der Waals surface area (Å²) in [4.78, 5) is 0.929. The average Bonchev–Trinajstić information content (AvgIpc) is 2.67. The molecule has 5 heteroatoms. The Morgan fingerprint density at radius 3 is 1.67 bits per heavy atom. The molecule has 98 valence electrons. The molecule has 2 aliphatic heterocycles. The van der Waals surface area contributed by atoms with Crippen LogP contribution in [0.5, 0.6) is 23.0 Å². The Morgan fingerprint density at radius 1 is 0.833 bits per heavy atom. The van der Waals surface area contributed by atoms with E-state index in [-0.39, 0.29) is 0 Å². The molecule has 18 heavy (non-hydrogen) atoms. The largest absolute Gasteiger partial charge is 0.449 e. The van der Waals surface area contributed by atoms with Gasteiger partial charge in [-0.3, -0.25) is 0 Å². The smallest absolute Gasteiger partial charge is 0.246 e. The number of benzene rings is 1. The normalized spacial score (nSPS) is 21.2. The second-order valence-corrected chi connectivity index (χ2v) is 6.09. The molecule has 0 atom stereocenters. The van der Waals surface area contributed by atoms with E-state index in [1.54, 1.807) is 11.8 Å². The van der Waals surface area contributed by atoms with Crippen LogP contribution in [0, 0.1) is 0 Å². The molecule has 0 amide bonds. The minimum Gasteiger partial charge on any atom is -0.449 e. The van der Waals surface area contributed by atoms with Crippen LogP contribution in [0.15, 0.2) is 11.0 Å². The molecule has 0 spiro atoms. The van der Waals surface area contributed by atoms with Crippen molar-refractivity contribution in [3.63, 3.8) is 0 Å². The molecule has 0 fully saturated rings. The van der Waals surface area contributed by atoms with E-state index in [9.17, 15) is 0 Å². The molecular formula is C13H16O4S. The van der Waals surface area contributed by atoms with Crippen molar-refractivity contribution >= 4 is 11.8 Å². The standard InChI is InChI=1S/C13H16O4S/c1-12(2)14-7-6-8-10(17-13(3,4)15-8)11(18-5)9(7)16-12/h6H,1-5H3. The highest BCUT2D eigenvalue weighted by molar-refractivity contribution is 7.98. The van der Waals surface area contributed by atoms with Crippen molar-refractivity contribution in [2.75, 3.05) is 6.26 Å². The van der Waals surface area contributed by atoms with Crippen molar-refractivity contribution in [3.8, 4) is 23.0 Å². The van der Waals surface area contributed by atoms with E-state index >= 15 is 0 Å². The summed E-state index contributed by atoms with van der Waals surface area (Å²) in [5, 5.41) is 0. The van der Waals surface area contributed by atoms with E-state index in [0.29, 0.717) is 11.5 Å². The van der Waals surface area contributed by atoms with Gasteiger partial charge in [0.05, 0.1) is 4.90 Å². The van der Waals surface area contributed by atoms with Crippen LogP contribution in [0.1, 0.15) is 27.7 Å². The lowest BCUT2D eigenvalue weighted by Crippen LogP contribution is -2.30. The van der Waals surface area contributed by atoms with Gasteiger partial charge in [-0.15, -0.1) is 11.8 Å². The average molecular weight is 268 g/mol. The first-order valence-electron chi connectivity index (χ1n) is 5.82. The highest BCUT2D eigenvalue weighted by Gasteiger charge is 2.41. The van der Waals surface area contributed by atoms with Crippen LogP contribution >= 0.6 is 11.8 Å². The Bertz CT molecular complexity index is 480. The fourth-order valence-corrected chi connectivity index (χ4v) is 2.83. The highest BCUT2D eigenvalue weighted by Crippen LogP contribution is 2.56. The van der Waals surface area contributed by atoms with Gasteiger partial charge in [0.15, 0.2) is 23.0 Å². The molecule has 2 aliphatic rings. The molecule has 0 saturated heterocycles. The zero-order valence-corrected chi connectivity index (χ0v) is 11.9. The zero-order valence-electron chi connectivity index (χ0n) is 11.1. The van der Waals surface area contributed by atoms with Gasteiger partial charge in [0.1, 0.15) is 0 Å². The number of thioether (sulfide) groups is 1. The molecule has 3 rings (SSSR count). The number of fused-ring (bicyclic) bond motifs is 2. The van der Waals surface area contributed by atoms with Crippen molar-refractivity contribution in [3.05, 3.63) is 6.07 Å². The summed E-state index contributed by atoms with van der Waals surface area (Å²) in [7, 11) is 0. The molecule has 0 unspecified atom stereocenters. The molecule has 2 heterocycles. The maximum absolute atomic E-state index is 5.83. The molecule has 1 aromatic rings. The van der Waals surface area contributed by atoms with Gasteiger partial charge in [-0.25, -0.2) is 0 Å². The van der Waals surface area contributed by atoms with Gasteiger partial charge in [-0.2, -0.15) is 0 Å². The highest BCUT2D eigenvalue weighted by atomic mass is 32.2. The second kappa shape index (κ2) is 3.41. The number of ether oxygens (including phenoxy) is 4. The lowest BCUT2D eigenvalue weighted by atomic mass is 10.3. The molecule has 0 saturated carbocycles. The number of hydrogen-bond donors (Lipinski definition) is 0. The molecule has 1 aromatic carbocycles. The Balaban J connectivity index is 2.14. The summed E-state index contributed by atoms with van der Waals surface area (Å²) in [6.45, 7) is 7.53. The Hall–Kier alpha value is -1.23. The number of hydrogen-bond acceptors (Lipinski definition) is 5. The van der Waals surface area contributed by atoms with Crippen LogP contribution in [-0.4, -0.2) is 17.8 Å². The minimum atomic E-state index is -0.641. The summed E-state index contributed by atoms with van der Waals surface area (Å²) in [6, 6.07) is 1.84. The van der Waals surface area contributed by atoms with Gasteiger partial charge >= 0.3 is 0 Å². The lowest BCUT2D eigenvalue weighted by Gasteiger charge is -2.18. The van der Waals surface area contributed by atoms with E-state index in [1.165, 1.54) is 0 Å². The van der Waals surface area contributed by atoms with E-state index in [2.05, 4.69) is 0 Å². The maximum Gasteiger partial charge on any atom is 0.246 e. The third-order valence-corrected chi connectivity index (χ3v) is 3.51. The minimum absolute atomic E-state index is 0.641. The van der Waals surface area contributed by atoms with Crippen molar-refractivity contribution < 1.29 is 18.9 Å². The van der Waals surface area contributed by atoms with Crippen molar-refractivity contribution in [1.29, 1.82) is 0 Å². The predicted octanol–water partition coefficient (Wildman–Crippen LogP) is 3.42. The van der Waals surface area contributed by atoms with Gasteiger partial charge < -0.3 is 18.9 Å². The van der Waals surface area contributed by atoms with Crippen LogP contribution in [0.2, 0.25) is 0 Å². The molecule has 0 N–H and O–H groups in total. The lowest BCUT2D eigenvalue weighted by molar-refractivity contribution is -0.0501. The Morgan fingerprint density at radius 2 is 1.28 bits per heavy atom. The van der Waals surface area contributed by atoms with Gasteiger partial charge in [-0.05, 0) is 6.26 Å². The Labute approximate surface area is 111 Å². The third-order valence-electron chi connectivity index (χ3n) is 2.73. The first kappa shape index (κ1) is 11.8. The monoisotopic (exact) mass is 268 g/mol. The van der Waals surface area contributed by atoms with E-state index in [4.69, 9.17) is 18.9 Å². The molecule has 0 aromatic heterocycles. The first-order chi connectivity index (χ1) is 8.31. The summed E-state index contributed by atoms with van der Waals surface area (Å²) in [5.41, 5.74) is 0.